The third-order valence-electron chi connectivity index (χ3n) is 3.56. The minimum absolute atomic E-state index is 0.222. The van der Waals surface area contributed by atoms with Gasteiger partial charge >= 0.3 is 0 Å². The Morgan fingerprint density at radius 1 is 0.955 bits per heavy atom. The molecule has 0 aromatic heterocycles. The van der Waals surface area contributed by atoms with Gasteiger partial charge in [0.15, 0.2) is 4.87 Å². The summed E-state index contributed by atoms with van der Waals surface area (Å²) in [6.45, 7) is 0. The second kappa shape index (κ2) is 5.71. The highest BCUT2D eigenvalue weighted by Gasteiger charge is 2.55. The number of alkyl halides is 1. The van der Waals surface area contributed by atoms with E-state index in [1.165, 1.54) is 7.11 Å². The molecular formula is C19H13ClO2. The normalized spacial score (nSPS) is 20.0. The number of hydrogen-bond donors (Lipinski definition) is 0. The van der Waals surface area contributed by atoms with Crippen LogP contribution in [0, 0.1) is 11.8 Å². The van der Waals surface area contributed by atoms with E-state index in [4.69, 9.17) is 16.3 Å². The van der Waals surface area contributed by atoms with E-state index in [9.17, 15) is 4.79 Å². The molecule has 108 valence electrons. The van der Waals surface area contributed by atoms with E-state index in [-0.39, 0.29) is 5.78 Å². The molecular weight excluding hydrogens is 296 g/mol. The van der Waals surface area contributed by atoms with E-state index < -0.39 is 4.87 Å². The van der Waals surface area contributed by atoms with Crippen molar-refractivity contribution in [2.45, 2.75) is 4.87 Å². The molecule has 0 bridgehead atoms. The number of hydrogen-bond acceptors (Lipinski definition) is 2. The van der Waals surface area contributed by atoms with Crippen molar-refractivity contribution in [1.29, 1.82) is 0 Å². The number of rotatable bonds is 2. The predicted molar refractivity (Wildman–Crippen MR) is 86.3 cm³/mol. The highest BCUT2D eigenvalue weighted by molar-refractivity contribution is 6.44. The fraction of sp³-hybridized carbons (Fsp3) is 0.105. The van der Waals surface area contributed by atoms with Crippen molar-refractivity contribution < 1.29 is 9.53 Å². The number of Topliss-reactive ketones (excluding diaryl/α,β-unsaturated/α-hetero) is 1. The molecule has 0 aliphatic heterocycles. The molecule has 0 N–H and O–H groups in total. The smallest absolute Gasteiger partial charge is 0.207 e. The maximum Gasteiger partial charge on any atom is 0.207 e. The molecule has 0 fully saturated rings. The van der Waals surface area contributed by atoms with Crippen LogP contribution in [0.1, 0.15) is 11.1 Å². The molecule has 1 atom stereocenters. The van der Waals surface area contributed by atoms with E-state index in [1.807, 2.05) is 60.7 Å². The van der Waals surface area contributed by atoms with E-state index in [0.717, 1.165) is 5.56 Å². The summed E-state index contributed by atoms with van der Waals surface area (Å²) in [5.74, 6) is 6.03. The van der Waals surface area contributed by atoms with Crippen molar-refractivity contribution in [3.63, 3.8) is 0 Å². The summed E-state index contributed by atoms with van der Waals surface area (Å²) in [5.41, 5.74) is 1.87. The first-order valence-electron chi connectivity index (χ1n) is 6.83. The fourth-order valence-electron chi connectivity index (χ4n) is 2.43. The molecule has 0 saturated carbocycles. The molecule has 2 aromatic rings. The van der Waals surface area contributed by atoms with Crippen molar-refractivity contribution >= 4 is 17.4 Å². The largest absolute Gasteiger partial charge is 0.497 e. The summed E-state index contributed by atoms with van der Waals surface area (Å²) >= 11 is 6.53. The van der Waals surface area contributed by atoms with Crippen LogP contribution < -0.4 is 0 Å². The van der Waals surface area contributed by atoms with Crippen LogP contribution >= 0.6 is 11.6 Å². The topological polar surface area (TPSA) is 26.3 Å². The molecule has 0 spiro atoms. The second-order valence-electron chi connectivity index (χ2n) is 4.88. The van der Waals surface area contributed by atoms with Crippen LogP contribution in [-0.4, -0.2) is 12.9 Å². The van der Waals surface area contributed by atoms with Gasteiger partial charge in [-0.05, 0) is 17.7 Å². The Hall–Kier alpha value is -2.50. The average Bonchev–Trinajstić information content (AvgIpc) is 2.59. The molecule has 1 aliphatic rings. The number of methoxy groups -OCH3 is 1. The zero-order chi connectivity index (χ0) is 15.6. The zero-order valence-electron chi connectivity index (χ0n) is 12.0. The molecule has 1 aliphatic carbocycles. The molecule has 2 aromatic carbocycles. The van der Waals surface area contributed by atoms with E-state index in [1.54, 1.807) is 0 Å². The summed E-state index contributed by atoms with van der Waals surface area (Å²) in [6, 6.07) is 18.7. The van der Waals surface area contributed by atoms with Gasteiger partial charge in [-0.1, -0.05) is 72.0 Å². The van der Waals surface area contributed by atoms with Crippen LogP contribution in [0.25, 0.3) is 0 Å². The van der Waals surface area contributed by atoms with Gasteiger partial charge in [0.25, 0.3) is 0 Å². The van der Waals surface area contributed by atoms with E-state index in [0.29, 0.717) is 16.9 Å². The molecule has 0 heterocycles. The number of ketones is 1. The fourth-order valence-corrected chi connectivity index (χ4v) is 2.82. The van der Waals surface area contributed by atoms with E-state index in [2.05, 4.69) is 11.8 Å². The summed E-state index contributed by atoms with van der Waals surface area (Å²) in [6.07, 6.45) is 0. The van der Waals surface area contributed by atoms with Crippen LogP contribution in [0.2, 0.25) is 0 Å². The third kappa shape index (κ3) is 2.20. The van der Waals surface area contributed by atoms with Crippen LogP contribution in [0.5, 0.6) is 0 Å². The quantitative estimate of drug-likeness (QED) is 0.625. The van der Waals surface area contributed by atoms with Crippen LogP contribution in [0.4, 0.5) is 0 Å². The lowest BCUT2D eigenvalue weighted by Gasteiger charge is -2.36. The molecule has 0 radical (unpaired) electrons. The van der Waals surface area contributed by atoms with Crippen LogP contribution in [-0.2, 0) is 14.4 Å². The second-order valence-corrected chi connectivity index (χ2v) is 5.44. The first kappa shape index (κ1) is 14.4. The Morgan fingerprint density at radius 3 is 2.14 bits per heavy atom. The highest BCUT2D eigenvalue weighted by atomic mass is 35.5. The van der Waals surface area contributed by atoms with Crippen molar-refractivity contribution in [2.24, 2.45) is 0 Å². The standard InChI is InChI=1S/C19H13ClO2/c1-22-18-16(13-12-14-8-4-2-5-9-14)17(21)19(18,20)15-10-6-3-7-11-15/h2-11H,1H3. The number of carbonyl (C=O) groups is 1. The molecule has 0 amide bonds. The molecule has 3 rings (SSSR count). The van der Waals surface area contributed by atoms with Gasteiger partial charge in [0.05, 0.1) is 7.11 Å². The SMILES string of the molecule is COC1=C(C#Cc2ccccc2)C(=O)C1(Cl)c1ccccc1. The lowest BCUT2D eigenvalue weighted by Crippen LogP contribution is -2.44. The predicted octanol–water partition coefficient (Wildman–Crippen LogP) is 3.66. The summed E-state index contributed by atoms with van der Waals surface area (Å²) in [4.78, 5) is 11.2. The average molecular weight is 309 g/mol. The van der Waals surface area contributed by atoms with Crippen molar-refractivity contribution in [2.75, 3.05) is 7.11 Å². The first-order valence-corrected chi connectivity index (χ1v) is 7.20. The summed E-state index contributed by atoms with van der Waals surface area (Å²) in [7, 11) is 1.51. The number of allylic oxidation sites excluding steroid dienone is 2. The molecule has 3 heteroatoms. The number of halogens is 1. The molecule has 2 nitrogen and oxygen atoms in total. The maximum atomic E-state index is 12.5. The van der Waals surface area contributed by atoms with Gasteiger partial charge in [0, 0.05) is 5.56 Å². The molecule has 22 heavy (non-hydrogen) atoms. The Balaban J connectivity index is 2.01. The number of benzene rings is 2. The van der Waals surface area contributed by atoms with Gasteiger partial charge in [0.1, 0.15) is 11.3 Å². The summed E-state index contributed by atoms with van der Waals surface area (Å²) < 4.78 is 5.35. The van der Waals surface area contributed by atoms with Gasteiger partial charge in [-0.15, -0.1) is 0 Å². The van der Waals surface area contributed by atoms with Crippen molar-refractivity contribution in [1.82, 2.24) is 0 Å². The van der Waals surface area contributed by atoms with Gasteiger partial charge in [-0.25, -0.2) is 0 Å². The van der Waals surface area contributed by atoms with Crippen molar-refractivity contribution in [3.8, 4) is 11.8 Å². The maximum absolute atomic E-state index is 12.5. The number of carbonyl (C=O) groups excluding carboxylic acids is 1. The van der Waals surface area contributed by atoms with Crippen molar-refractivity contribution in [3.05, 3.63) is 83.1 Å². The zero-order valence-corrected chi connectivity index (χ0v) is 12.7. The van der Waals surface area contributed by atoms with E-state index >= 15 is 0 Å². The van der Waals surface area contributed by atoms with Crippen LogP contribution in [0.3, 0.4) is 0 Å². The van der Waals surface area contributed by atoms with Gasteiger partial charge in [0.2, 0.25) is 5.78 Å². The highest BCUT2D eigenvalue weighted by Crippen LogP contribution is 2.48. The molecule has 1 unspecified atom stereocenters. The summed E-state index contributed by atoms with van der Waals surface area (Å²) in [5, 5.41) is 0. The Morgan fingerprint density at radius 2 is 1.55 bits per heavy atom. The number of ether oxygens (including phenoxy) is 1. The lowest BCUT2D eigenvalue weighted by atomic mass is 9.76. The third-order valence-corrected chi connectivity index (χ3v) is 4.12. The minimum Gasteiger partial charge on any atom is -0.497 e. The Bertz CT molecular complexity index is 798. The van der Waals surface area contributed by atoms with Crippen LogP contribution in [0.15, 0.2) is 72.0 Å². The van der Waals surface area contributed by atoms with Gasteiger partial charge < -0.3 is 4.74 Å². The minimum atomic E-state index is -1.25. The monoisotopic (exact) mass is 308 g/mol. The van der Waals surface area contributed by atoms with Gasteiger partial charge in [-0.2, -0.15) is 0 Å². The first-order chi connectivity index (χ1) is 10.7. The lowest BCUT2D eigenvalue weighted by molar-refractivity contribution is -0.120. The molecule has 0 saturated heterocycles. The Labute approximate surface area is 134 Å². The Kier molecular flexibility index (Phi) is 3.75. The van der Waals surface area contributed by atoms with Gasteiger partial charge in [-0.3, -0.25) is 4.79 Å².